The number of hydrogen-bond donors (Lipinski definition) is 0. The third-order valence-corrected chi connectivity index (χ3v) is 4.74. The normalized spacial score (nSPS) is 15.2. The second kappa shape index (κ2) is 3.73. The van der Waals surface area contributed by atoms with Crippen molar-refractivity contribution in [2.75, 3.05) is 0 Å². The van der Waals surface area contributed by atoms with Crippen molar-refractivity contribution in [1.29, 1.82) is 0 Å². The van der Waals surface area contributed by atoms with Crippen LogP contribution in [0.15, 0.2) is 54.6 Å². The Balaban J connectivity index is 2.26. The van der Waals surface area contributed by atoms with Crippen LogP contribution in [0.4, 0.5) is 0 Å². The summed E-state index contributed by atoms with van der Waals surface area (Å²) in [6, 6.07) is 19.9. The van der Waals surface area contributed by atoms with Crippen LogP contribution in [0.1, 0.15) is 30.5 Å². The zero-order chi connectivity index (χ0) is 13.9. The molecule has 0 radical (unpaired) electrons. The van der Waals surface area contributed by atoms with Crippen LogP contribution in [0.5, 0.6) is 0 Å². The largest absolute Gasteiger partial charge is 0.0619 e. The average Bonchev–Trinajstić information content (AvgIpc) is 2.69. The summed E-state index contributed by atoms with van der Waals surface area (Å²) in [6.07, 6.45) is 0. The zero-order valence-electron chi connectivity index (χ0n) is 12.2. The standard InChI is InChI=1S/C20H18/c1-13-12-14-8-4-5-9-15(14)18-16-10-6-7-11-17(16)20(2,3)19(13)18/h4-12H,1-3H3. The van der Waals surface area contributed by atoms with Gasteiger partial charge in [0.25, 0.3) is 0 Å². The number of rotatable bonds is 0. The van der Waals surface area contributed by atoms with Crippen molar-refractivity contribution in [2.45, 2.75) is 26.2 Å². The van der Waals surface area contributed by atoms with Gasteiger partial charge in [0.15, 0.2) is 0 Å². The molecule has 0 spiro atoms. The quantitative estimate of drug-likeness (QED) is 0.502. The van der Waals surface area contributed by atoms with E-state index in [4.69, 9.17) is 0 Å². The molecule has 20 heavy (non-hydrogen) atoms. The van der Waals surface area contributed by atoms with Crippen molar-refractivity contribution >= 4 is 10.8 Å². The molecule has 0 amide bonds. The first kappa shape index (κ1) is 11.7. The first-order valence-corrected chi connectivity index (χ1v) is 7.23. The van der Waals surface area contributed by atoms with Crippen molar-refractivity contribution in [1.82, 2.24) is 0 Å². The molecule has 0 bridgehead atoms. The van der Waals surface area contributed by atoms with Gasteiger partial charge >= 0.3 is 0 Å². The molecular formula is C20H18. The van der Waals surface area contributed by atoms with Crippen molar-refractivity contribution in [3.8, 4) is 11.1 Å². The van der Waals surface area contributed by atoms with Crippen LogP contribution in [-0.2, 0) is 5.41 Å². The van der Waals surface area contributed by atoms with Gasteiger partial charge in [-0.15, -0.1) is 0 Å². The highest BCUT2D eigenvalue weighted by Crippen LogP contribution is 2.52. The highest BCUT2D eigenvalue weighted by Gasteiger charge is 2.37. The molecule has 0 aliphatic heterocycles. The topological polar surface area (TPSA) is 0 Å². The Kier molecular flexibility index (Phi) is 2.18. The van der Waals surface area contributed by atoms with Gasteiger partial charge < -0.3 is 0 Å². The molecule has 1 aliphatic rings. The molecule has 1 aliphatic carbocycles. The monoisotopic (exact) mass is 258 g/mol. The van der Waals surface area contributed by atoms with Crippen LogP contribution >= 0.6 is 0 Å². The highest BCUT2D eigenvalue weighted by molar-refractivity contribution is 6.03. The second-order valence-corrected chi connectivity index (χ2v) is 6.34. The van der Waals surface area contributed by atoms with E-state index in [-0.39, 0.29) is 5.41 Å². The van der Waals surface area contributed by atoms with Gasteiger partial charge in [-0.25, -0.2) is 0 Å². The van der Waals surface area contributed by atoms with Gasteiger partial charge in [0, 0.05) is 5.41 Å². The molecule has 0 saturated heterocycles. The fourth-order valence-electron chi connectivity index (χ4n) is 3.95. The third-order valence-electron chi connectivity index (χ3n) is 4.74. The summed E-state index contributed by atoms with van der Waals surface area (Å²) in [5, 5.41) is 2.72. The lowest BCUT2D eigenvalue weighted by atomic mass is 9.80. The molecule has 0 N–H and O–H groups in total. The Morgan fingerprint density at radius 2 is 1.55 bits per heavy atom. The molecule has 98 valence electrons. The summed E-state index contributed by atoms with van der Waals surface area (Å²) >= 11 is 0. The summed E-state index contributed by atoms with van der Waals surface area (Å²) in [7, 11) is 0. The van der Waals surface area contributed by atoms with Crippen LogP contribution in [-0.4, -0.2) is 0 Å². The molecule has 3 aromatic carbocycles. The Hall–Kier alpha value is -2.08. The van der Waals surface area contributed by atoms with Crippen LogP contribution in [0.3, 0.4) is 0 Å². The van der Waals surface area contributed by atoms with Gasteiger partial charge in [-0.05, 0) is 45.5 Å². The van der Waals surface area contributed by atoms with Crippen molar-refractivity contribution in [3.63, 3.8) is 0 Å². The van der Waals surface area contributed by atoms with E-state index in [9.17, 15) is 0 Å². The van der Waals surface area contributed by atoms with Crippen LogP contribution in [0, 0.1) is 6.92 Å². The van der Waals surface area contributed by atoms with Gasteiger partial charge in [0.05, 0.1) is 0 Å². The lowest BCUT2D eigenvalue weighted by Gasteiger charge is -2.23. The highest BCUT2D eigenvalue weighted by atomic mass is 14.4. The smallest absolute Gasteiger partial charge is 0.0161 e. The third kappa shape index (κ3) is 1.31. The van der Waals surface area contributed by atoms with Crippen molar-refractivity contribution in [2.24, 2.45) is 0 Å². The fourth-order valence-corrected chi connectivity index (χ4v) is 3.95. The SMILES string of the molecule is Cc1cc2ccccc2c2c1C(C)(C)c1ccccc1-2. The maximum Gasteiger partial charge on any atom is 0.0161 e. The molecule has 0 fully saturated rings. The zero-order valence-corrected chi connectivity index (χ0v) is 12.2. The van der Waals surface area contributed by atoms with E-state index in [2.05, 4.69) is 75.4 Å². The Morgan fingerprint density at radius 3 is 2.40 bits per heavy atom. The van der Waals surface area contributed by atoms with E-state index in [1.807, 2.05) is 0 Å². The van der Waals surface area contributed by atoms with E-state index in [0.717, 1.165) is 0 Å². The molecule has 0 heteroatoms. The Morgan fingerprint density at radius 1 is 0.850 bits per heavy atom. The molecule has 0 unspecified atom stereocenters. The summed E-state index contributed by atoms with van der Waals surface area (Å²) in [5.41, 5.74) is 7.31. The van der Waals surface area contributed by atoms with Crippen LogP contribution < -0.4 is 0 Å². The van der Waals surface area contributed by atoms with E-state index in [0.29, 0.717) is 0 Å². The summed E-state index contributed by atoms with van der Waals surface area (Å²) in [4.78, 5) is 0. The molecule has 0 atom stereocenters. The van der Waals surface area contributed by atoms with Crippen LogP contribution in [0.2, 0.25) is 0 Å². The van der Waals surface area contributed by atoms with Crippen molar-refractivity contribution < 1.29 is 0 Å². The molecule has 0 saturated carbocycles. The van der Waals surface area contributed by atoms with Gasteiger partial charge in [-0.3, -0.25) is 0 Å². The average molecular weight is 258 g/mol. The lowest BCUT2D eigenvalue weighted by Crippen LogP contribution is -2.16. The summed E-state index contributed by atoms with van der Waals surface area (Å²) in [5.74, 6) is 0. The minimum atomic E-state index is 0.0973. The van der Waals surface area contributed by atoms with E-state index >= 15 is 0 Å². The Labute approximate surface area is 120 Å². The Bertz CT molecular complexity index is 838. The maximum atomic E-state index is 2.35. The van der Waals surface area contributed by atoms with Gasteiger partial charge in [-0.1, -0.05) is 68.4 Å². The predicted octanol–water partition coefficient (Wildman–Crippen LogP) is 5.45. The molecular weight excluding hydrogens is 240 g/mol. The summed E-state index contributed by atoms with van der Waals surface area (Å²) < 4.78 is 0. The fraction of sp³-hybridized carbons (Fsp3) is 0.200. The number of fused-ring (bicyclic) bond motifs is 5. The minimum absolute atomic E-state index is 0.0973. The van der Waals surface area contributed by atoms with E-state index in [1.165, 1.54) is 38.6 Å². The van der Waals surface area contributed by atoms with Gasteiger partial charge in [0.1, 0.15) is 0 Å². The molecule has 0 aromatic heterocycles. The van der Waals surface area contributed by atoms with Gasteiger partial charge in [-0.2, -0.15) is 0 Å². The van der Waals surface area contributed by atoms with Crippen molar-refractivity contribution in [3.05, 3.63) is 71.3 Å². The number of aryl methyl sites for hydroxylation is 1. The summed E-state index contributed by atoms with van der Waals surface area (Å²) in [6.45, 7) is 6.94. The molecule has 0 heterocycles. The lowest BCUT2D eigenvalue weighted by molar-refractivity contribution is 0.656. The van der Waals surface area contributed by atoms with Crippen LogP contribution in [0.25, 0.3) is 21.9 Å². The predicted molar refractivity (Wildman–Crippen MR) is 86.2 cm³/mol. The first-order valence-electron chi connectivity index (χ1n) is 7.23. The van der Waals surface area contributed by atoms with E-state index < -0.39 is 0 Å². The molecule has 0 nitrogen and oxygen atoms in total. The van der Waals surface area contributed by atoms with E-state index in [1.54, 1.807) is 0 Å². The second-order valence-electron chi connectivity index (χ2n) is 6.34. The number of hydrogen-bond acceptors (Lipinski definition) is 0. The first-order chi connectivity index (χ1) is 9.60. The number of benzene rings is 3. The minimum Gasteiger partial charge on any atom is -0.0619 e. The molecule has 3 aromatic rings. The maximum absolute atomic E-state index is 2.35. The molecule has 4 rings (SSSR count). The van der Waals surface area contributed by atoms with Gasteiger partial charge in [0.2, 0.25) is 0 Å².